The van der Waals surface area contributed by atoms with Crippen molar-refractivity contribution in [3.63, 3.8) is 0 Å². The summed E-state index contributed by atoms with van der Waals surface area (Å²) < 4.78 is 39.9. The van der Waals surface area contributed by atoms with E-state index in [9.17, 15) is 18.0 Å². The van der Waals surface area contributed by atoms with Crippen molar-refractivity contribution in [3.05, 3.63) is 60.3 Å². The Balaban J connectivity index is 1.72. The van der Waals surface area contributed by atoms with Crippen LogP contribution in [0, 0.1) is 5.92 Å². The highest BCUT2D eigenvalue weighted by Gasteiger charge is 2.30. The number of hydrogen-bond acceptors (Lipinski definition) is 3. The highest BCUT2D eigenvalue weighted by atomic mass is 19.4. The molecule has 0 bridgehead atoms. The zero-order chi connectivity index (χ0) is 18.7. The summed E-state index contributed by atoms with van der Waals surface area (Å²) in [7, 11) is 0. The fourth-order valence-corrected chi connectivity index (χ4v) is 3.05. The highest BCUT2D eigenvalue weighted by Crippen LogP contribution is 2.30. The second kappa shape index (κ2) is 7.23. The molecule has 0 unspecified atom stereocenters. The Hall–Kier alpha value is -2.77. The number of amides is 1. The van der Waals surface area contributed by atoms with Gasteiger partial charge in [-0.15, -0.1) is 0 Å². The number of rotatable bonds is 5. The fraction of sp³-hybridized carbons (Fsp3) is 0.333. The largest absolute Gasteiger partial charge is 0.416 e. The van der Waals surface area contributed by atoms with Gasteiger partial charge in [0.25, 0.3) is 0 Å². The monoisotopic (exact) mass is 364 g/mol. The van der Waals surface area contributed by atoms with Crippen molar-refractivity contribution in [3.8, 4) is 0 Å². The molecule has 1 aliphatic heterocycles. The second-order valence-electron chi connectivity index (χ2n) is 6.26. The molecule has 1 aliphatic rings. The summed E-state index contributed by atoms with van der Waals surface area (Å²) in [5, 5.41) is 7.07. The van der Waals surface area contributed by atoms with Gasteiger partial charge in [0.15, 0.2) is 0 Å². The van der Waals surface area contributed by atoms with Gasteiger partial charge in [0.1, 0.15) is 5.82 Å². The van der Waals surface area contributed by atoms with Gasteiger partial charge in [-0.2, -0.15) is 18.3 Å². The average molecular weight is 364 g/mol. The lowest BCUT2D eigenvalue weighted by atomic mass is 10.1. The molecule has 2 heterocycles. The first-order chi connectivity index (χ1) is 12.4. The molecular formula is C18H19F3N4O. The van der Waals surface area contributed by atoms with Gasteiger partial charge in [0.05, 0.1) is 11.8 Å². The zero-order valence-corrected chi connectivity index (χ0v) is 14.0. The normalized spacial score (nSPS) is 16.9. The molecule has 3 rings (SSSR count). The fourth-order valence-electron chi connectivity index (χ4n) is 3.05. The van der Waals surface area contributed by atoms with Crippen LogP contribution in [0.3, 0.4) is 0 Å². The lowest BCUT2D eigenvalue weighted by Gasteiger charge is -2.35. The van der Waals surface area contributed by atoms with Gasteiger partial charge in [-0.3, -0.25) is 4.79 Å². The van der Waals surface area contributed by atoms with Gasteiger partial charge in [-0.25, -0.2) is 4.68 Å². The maximum Gasteiger partial charge on any atom is 0.416 e. The summed E-state index contributed by atoms with van der Waals surface area (Å²) in [5.74, 6) is 0.822. The minimum Gasteiger partial charge on any atom is -0.352 e. The maximum atomic E-state index is 12.7. The summed E-state index contributed by atoms with van der Waals surface area (Å²) in [5.41, 5.74) is 0.122. The number of alkyl halides is 3. The third-order valence-electron chi connectivity index (χ3n) is 4.33. The smallest absolute Gasteiger partial charge is 0.352 e. The Labute approximate surface area is 149 Å². The van der Waals surface area contributed by atoms with Crippen LogP contribution in [-0.4, -0.2) is 28.8 Å². The molecule has 5 nitrogen and oxygen atoms in total. The molecule has 0 radical (unpaired) electrons. The van der Waals surface area contributed by atoms with Gasteiger partial charge in [0, 0.05) is 38.2 Å². The van der Waals surface area contributed by atoms with Gasteiger partial charge in [-0.05, 0) is 23.8 Å². The molecule has 0 saturated heterocycles. The summed E-state index contributed by atoms with van der Waals surface area (Å²) >= 11 is 0. The summed E-state index contributed by atoms with van der Waals surface area (Å²) in [6.07, 6.45) is -1.42. The number of hydrogen-bond donors (Lipinski definition) is 1. The third kappa shape index (κ3) is 4.07. The van der Waals surface area contributed by atoms with Crippen LogP contribution in [0.4, 0.5) is 19.0 Å². The lowest BCUT2D eigenvalue weighted by Crippen LogP contribution is -2.43. The van der Waals surface area contributed by atoms with E-state index in [2.05, 4.69) is 21.9 Å². The van der Waals surface area contributed by atoms with Crippen molar-refractivity contribution in [1.29, 1.82) is 0 Å². The van der Waals surface area contributed by atoms with Crippen LogP contribution in [-0.2, 0) is 24.1 Å². The van der Waals surface area contributed by atoms with Crippen LogP contribution >= 0.6 is 0 Å². The molecule has 1 atom stereocenters. The topological polar surface area (TPSA) is 50.2 Å². The maximum absolute atomic E-state index is 12.7. The molecule has 1 aromatic heterocycles. The van der Waals surface area contributed by atoms with E-state index in [1.807, 2.05) is 10.7 Å². The predicted molar refractivity (Wildman–Crippen MR) is 91.4 cm³/mol. The first kappa shape index (κ1) is 18.0. The second-order valence-corrected chi connectivity index (χ2v) is 6.26. The van der Waals surface area contributed by atoms with Crippen LogP contribution in [0.15, 0.2) is 49.2 Å². The van der Waals surface area contributed by atoms with Crippen molar-refractivity contribution in [2.75, 3.05) is 18.0 Å². The molecule has 2 aromatic rings. The molecule has 138 valence electrons. The van der Waals surface area contributed by atoms with Crippen molar-refractivity contribution >= 4 is 11.7 Å². The van der Waals surface area contributed by atoms with Crippen LogP contribution in [0.2, 0.25) is 0 Å². The minimum atomic E-state index is -4.34. The highest BCUT2D eigenvalue weighted by molar-refractivity contribution is 5.86. The number of aromatic nitrogens is 2. The Morgan fingerprint density at radius 3 is 2.65 bits per heavy atom. The van der Waals surface area contributed by atoms with Crippen LogP contribution in [0.25, 0.3) is 0 Å². The molecule has 1 N–H and O–H groups in total. The summed E-state index contributed by atoms with van der Waals surface area (Å²) in [6.45, 7) is 5.72. The standard InChI is InChI=1S/C18H19F3N4O/c1-2-16(26)22-9-14-11-24(17-7-8-23-25(17)12-14)10-13-3-5-15(6-4-13)18(19,20)21/h2-8,14H,1,9-12H2,(H,22,26)/t14-/m1/s1. The molecule has 1 amide bonds. The van der Waals surface area contributed by atoms with Crippen molar-refractivity contribution in [2.24, 2.45) is 5.92 Å². The Morgan fingerprint density at radius 1 is 1.27 bits per heavy atom. The number of carbonyl (C=O) groups excluding carboxylic acids is 1. The van der Waals surface area contributed by atoms with Gasteiger partial charge >= 0.3 is 6.18 Å². The molecule has 1 aromatic carbocycles. The molecule has 0 aliphatic carbocycles. The van der Waals surface area contributed by atoms with E-state index in [0.717, 1.165) is 23.5 Å². The molecule has 0 saturated carbocycles. The Bertz CT molecular complexity index is 782. The lowest BCUT2D eigenvalue weighted by molar-refractivity contribution is -0.137. The molecule has 0 fully saturated rings. The summed E-state index contributed by atoms with van der Waals surface area (Å²) in [6, 6.07) is 7.05. The zero-order valence-electron chi connectivity index (χ0n) is 14.0. The number of anilines is 1. The first-order valence-corrected chi connectivity index (χ1v) is 8.20. The van der Waals surface area contributed by atoms with E-state index in [-0.39, 0.29) is 11.8 Å². The predicted octanol–water partition coefficient (Wildman–Crippen LogP) is 2.84. The summed E-state index contributed by atoms with van der Waals surface area (Å²) in [4.78, 5) is 13.4. The van der Waals surface area contributed by atoms with Crippen molar-refractivity contribution < 1.29 is 18.0 Å². The Kier molecular flexibility index (Phi) is 5.01. The average Bonchev–Trinajstić information content (AvgIpc) is 3.08. The van der Waals surface area contributed by atoms with Gasteiger partial charge in [0.2, 0.25) is 5.91 Å². The van der Waals surface area contributed by atoms with E-state index < -0.39 is 11.7 Å². The molecule has 26 heavy (non-hydrogen) atoms. The van der Waals surface area contributed by atoms with E-state index in [0.29, 0.717) is 26.2 Å². The number of benzene rings is 1. The third-order valence-corrected chi connectivity index (χ3v) is 4.33. The number of fused-ring (bicyclic) bond motifs is 1. The molecule has 0 spiro atoms. The number of nitrogens with one attached hydrogen (secondary N) is 1. The first-order valence-electron chi connectivity index (χ1n) is 8.20. The van der Waals surface area contributed by atoms with Gasteiger partial charge < -0.3 is 10.2 Å². The Morgan fingerprint density at radius 2 is 2.00 bits per heavy atom. The van der Waals surface area contributed by atoms with Crippen molar-refractivity contribution in [1.82, 2.24) is 15.1 Å². The quantitative estimate of drug-likeness (QED) is 0.830. The van der Waals surface area contributed by atoms with E-state index in [4.69, 9.17) is 0 Å². The number of carbonyl (C=O) groups is 1. The number of halogens is 3. The van der Waals surface area contributed by atoms with Crippen LogP contribution < -0.4 is 10.2 Å². The SMILES string of the molecule is C=CC(=O)NC[C@@H]1CN(Cc2ccc(C(F)(F)F)cc2)c2ccnn2C1. The molecule has 8 heteroatoms. The van der Waals surface area contributed by atoms with Crippen LogP contribution in [0.1, 0.15) is 11.1 Å². The van der Waals surface area contributed by atoms with E-state index in [1.165, 1.54) is 18.2 Å². The van der Waals surface area contributed by atoms with Crippen LogP contribution in [0.5, 0.6) is 0 Å². The van der Waals surface area contributed by atoms with E-state index >= 15 is 0 Å². The van der Waals surface area contributed by atoms with E-state index in [1.54, 1.807) is 6.20 Å². The molecular weight excluding hydrogens is 345 g/mol. The van der Waals surface area contributed by atoms with Gasteiger partial charge in [-0.1, -0.05) is 18.7 Å². The van der Waals surface area contributed by atoms with Crippen molar-refractivity contribution in [2.45, 2.75) is 19.3 Å². The number of nitrogens with zero attached hydrogens (tertiary/aromatic N) is 3. The minimum absolute atomic E-state index is 0.140.